The minimum atomic E-state index is -3.60. The van der Waals surface area contributed by atoms with Crippen molar-refractivity contribution in [3.8, 4) is 10.4 Å². The Morgan fingerprint density at radius 3 is 2.42 bits per heavy atom. The number of sulfonamides is 1. The molecule has 100 valence electrons. The van der Waals surface area contributed by atoms with E-state index in [9.17, 15) is 8.42 Å². The molecule has 1 heterocycles. The van der Waals surface area contributed by atoms with E-state index in [2.05, 4.69) is 4.40 Å². The summed E-state index contributed by atoms with van der Waals surface area (Å²) in [5.41, 5.74) is 1.01. The first-order valence-corrected chi connectivity index (χ1v) is 7.87. The fourth-order valence-electron chi connectivity index (χ4n) is 1.42. The molecule has 0 saturated heterocycles. The van der Waals surface area contributed by atoms with Gasteiger partial charge in [-0.2, -0.15) is 8.42 Å². The summed E-state index contributed by atoms with van der Waals surface area (Å²) in [6.07, 6.45) is 1.29. The Hall–Kier alpha value is -1.66. The normalized spacial score (nSPS) is 11.9. The van der Waals surface area contributed by atoms with Gasteiger partial charge >= 0.3 is 0 Å². The van der Waals surface area contributed by atoms with E-state index >= 15 is 0 Å². The predicted molar refractivity (Wildman–Crippen MR) is 79.1 cm³/mol. The smallest absolute Gasteiger partial charge is 0.293 e. The van der Waals surface area contributed by atoms with Crippen molar-refractivity contribution in [1.29, 1.82) is 0 Å². The maximum atomic E-state index is 12.0. The lowest BCUT2D eigenvalue weighted by molar-refractivity contribution is 0.596. The summed E-state index contributed by atoms with van der Waals surface area (Å²) in [6.45, 7) is 0. The van der Waals surface area contributed by atoms with Crippen LogP contribution >= 0.6 is 11.3 Å². The summed E-state index contributed by atoms with van der Waals surface area (Å²) in [6, 6.07) is 13.1. The molecule has 0 fully saturated rings. The molecule has 0 radical (unpaired) electrons. The molecule has 1 aromatic heterocycles. The van der Waals surface area contributed by atoms with Gasteiger partial charge in [-0.25, -0.2) is 0 Å². The predicted octanol–water partition coefficient (Wildman–Crippen LogP) is 2.69. The highest BCUT2D eigenvalue weighted by atomic mass is 32.2. The minimum absolute atomic E-state index is 0.254. The standard InChI is InChI=1S/C13H14N2O2S2/c1-15(2)10-14-19(16,17)13-9-8-12(18-13)11-6-4-3-5-7-11/h3-10H,1-2H3/b14-10+. The largest absolute Gasteiger partial charge is 0.368 e. The first kappa shape index (κ1) is 13.8. The van der Waals surface area contributed by atoms with E-state index in [1.165, 1.54) is 17.7 Å². The highest BCUT2D eigenvalue weighted by Crippen LogP contribution is 2.31. The van der Waals surface area contributed by atoms with Crippen LogP contribution in [0.3, 0.4) is 0 Å². The van der Waals surface area contributed by atoms with Gasteiger partial charge < -0.3 is 4.90 Å². The lowest BCUT2D eigenvalue weighted by atomic mass is 10.2. The third-order valence-electron chi connectivity index (χ3n) is 2.31. The Morgan fingerprint density at radius 1 is 1.11 bits per heavy atom. The monoisotopic (exact) mass is 294 g/mol. The van der Waals surface area contributed by atoms with Crippen LogP contribution in [0.4, 0.5) is 0 Å². The molecule has 19 heavy (non-hydrogen) atoms. The molecule has 2 aromatic rings. The van der Waals surface area contributed by atoms with Crippen LogP contribution in [0.5, 0.6) is 0 Å². The summed E-state index contributed by atoms with van der Waals surface area (Å²) in [7, 11) is -0.146. The van der Waals surface area contributed by atoms with E-state index in [1.54, 1.807) is 31.1 Å². The van der Waals surface area contributed by atoms with E-state index in [0.29, 0.717) is 0 Å². The number of benzene rings is 1. The van der Waals surface area contributed by atoms with Gasteiger partial charge in [-0.3, -0.25) is 0 Å². The highest BCUT2D eigenvalue weighted by Gasteiger charge is 2.15. The molecule has 2 rings (SSSR count). The Labute approximate surface area is 117 Å². The van der Waals surface area contributed by atoms with Crippen molar-refractivity contribution in [3.05, 3.63) is 42.5 Å². The van der Waals surface area contributed by atoms with Crippen LogP contribution in [0, 0.1) is 0 Å². The molecule has 0 aliphatic heterocycles. The van der Waals surface area contributed by atoms with E-state index in [0.717, 1.165) is 10.4 Å². The van der Waals surface area contributed by atoms with Crippen LogP contribution < -0.4 is 0 Å². The Morgan fingerprint density at radius 2 is 1.79 bits per heavy atom. The van der Waals surface area contributed by atoms with E-state index in [1.807, 2.05) is 30.3 Å². The molecule has 0 unspecified atom stereocenters. The summed E-state index contributed by atoms with van der Waals surface area (Å²) >= 11 is 1.22. The van der Waals surface area contributed by atoms with Crippen LogP contribution in [-0.2, 0) is 10.0 Å². The van der Waals surface area contributed by atoms with Crippen molar-refractivity contribution in [2.45, 2.75) is 4.21 Å². The maximum absolute atomic E-state index is 12.0. The third kappa shape index (κ3) is 3.42. The molecule has 0 N–H and O–H groups in total. The van der Waals surface area contributed by atoms with Gasteiger partial charge in [-0.15, -0.1) is 15.7 Å². The molecule has 0 amide bonds. The molecule has 0 spiro atoms. The van der Waals surface area contributed by atoms with Crippen LogP contribution in [0.1, 0.15) is 0 Å². The first-order valence-electron chi connectivity index (χ1n) is 5.61. The number of nitrogens with zero attached hydrogens (tertiary/aromatic N) is 2. The zero-order chi connectivity index (χ0) is 13.9. The van der Waals surface area contributed by atoms with Gasteiger partial charge in [0.25, 0.3) is 10.0 Å². The van der Waals surface area contributed by atoms with Gasteiger partial charge in [0.2, 0.25) is 0 Å². The average Bonchev–Trinajstić information content (AvgIpc) is 2.88. The lowest BCUT2D eigenvalue weighted by Crippen LogP contribution is -2.09. The fourth-order valence-corrected chi connectivity index (χ4v) is 3.64. The molecule has 0 aliphatic rings. The van der Waals surface area contributed by atoms with E-state index < -0.39 is 10.0 Å². The van der Waals surface area contributed by atoms with Gasteiger partial charge in [-0.05, 0) is 17.7 Å². The molecule has 0 bridgehead atoms. The van der Waals surface area contributed by atoms with Gasteiger partial charge in [0.1, 0.15) is 10.5 Å². The SMILES string of the molecule is CN(C)/C=N/S(=O)(=O)c1ccc(-c2ccccc2)s1. The van der Waals surface area contributed by atoms with Gasteiger partial charge in [-0.1, -0.05) is 30.3 Å². The number of hydrogen-bond donors (Lipinski definition) is 0. The van der Waals surface area contributed by atoms with Gasteiger partial charge in [0, 0.05) is 19.0 Å². The number of hydrogen-bond acceptors (Lipinski definition) is 3. The first-order chi connectivity index (χ1) is 8.99. The van der Waals surface area contributed by atoms with Crippen LogP contribution in [0.25, 0.3) is 10.4 Å². The van der Waals surface area contributed by atoms with Gasteiger partial charge in [0.05, 0.1) is 0 Å². The van der Waals surface area contributed by atoms with Crippen LogP contribution in [-0.4, -0.2) is 33.8 Å². The Balaban J connectivity index is 2.32. The Kier molecular flexibility index (Phi) is 4.01. The van der Waals surface area contributed by atoms with Crippen LogP contribution in [0.2, 0.25) is 0 Å². The summed E-state index contributed by atoms with van der Waals surface area (Å²) in [4.78, 5) is 2.50. The second kappa shape index (κ2) is 5.54. The molecule has 6 heteroatoms. The topological polar surface area (TPSA) is 49.7 Å². The van der Waals surface area contributed by atoms with Crippen molar-refractivity contribution in [1.82, 2.24) is 4.90 Å². The van der Waals surface area contributed by atoms with Crippen molar-refractivity contribution in [3.63, 3.8) is 0 Å². The maximum Gasteiger partial charge on any atom is 0.293 e. The van der Waals surface area contributed by atoms with Crippen molar-refractivity contribution >= 4 is 27.7 Å². The lowest BCUT2D eigenvalue weighted by Gasteiger charge is -2.01. The summed E-state index contributed by atoms with van der Waals surface area (Å²) in [5, 5.41) is 0. The highest BCUT2D eigenvalue weighted by molar-refractivity contribution is 7.92. The molecular weight excluding hydrogens is 280 g/mol. The van der Waals surface area contributed by atoms with Crippen LogP contribution in [0.15, 0.2) is 51.1 Å². The Bertz CT molecular complexity index is 674. The van der Waals surface area contributed by atoms with Crippen molar-refractivity contribution < 1.29 is 8.42 Å². The van der Waals surface area contributed by atoms with Crippen molar-refractivity contribution in [2.24, 2.45) is 4.40 Å². The van der Waals surface area contributed by atoms with E-state index in [4.69, 9.17) is 0 Å². The molecule has 0 aliphatic carbocycles. The average molecular weight is 294 g/mol. The number of rotatable bonds is 4. The minimum Gasteiger partial charge on any atom is -0.368 e. The molecule has 1 aromatic carbocycles. The fraction of sp³-hybridized carbons (Fsp3) is 0.154. The molecular formula is C13H14N2O2S2. The molecule has 0 saturated carbocycles. The van der Waals surface area contributed by atoms with Gasteiger partial charge in [0.15, 0.2) is 0 Å². The second-order valence-corrected chi connectivity index (χ2v) is 7.09. The zero-order valence-electron chi connectivity index (χ0n) is 10.6. The summed E-state index contributed by atoms with van der Waals surface area (Å²) in [5.74, 6) is 0. The molecule has 0 atom stereocenters. The molecule has 4 nitrogen and oxygen atoms in total. The quantitative estimate of drug-likeness (QED) is 0.643. The second-order valence-electron chi connectivity index (χ2n) is 4.14. The third-order valence-corrected chi connectivity index (χ3v) is 5.14. The van der Waals surface area contributed by atoms with E-state index in [-0.39, 0.29) is 4.21 Å². The summed E-state index contributed by atoms with van der Waals surface area (Å²) < 4.78 is 27.8. The van der Waals surface area contributed by atoms with Crippen molar-refractivity contribution in [2.75, 3.05) is 14.1 Å². The zero-order valence-corrected chi connectivity index (χ0v) is 12.3. The number of thiophene rings is 1.